The van der Waals surface area contributed by atoms with Crippen LogP contribution in [0.15, 0.2) is 72.8 Å². The zero-order chi connectivity index (χ0) is 31.1. The van der Waals surface area contributed by atoms with E-state index >= 15 is 0 Å². The van der Waals surface area contributed by atoms with Gasteiger partial charge in [-0.05, 0) is 60.7 Å². The minimum atomic E-state index is 0. The molecule has 1 aromatic heterocycles. The average molecular weight is 673 g/mol. The van der Waals surface area contributed by atoms with E-state index in [4.69, 9.17) is 4.98 Å². The summed E-state index contributed by atoms with van der Waals surface area (Å²) in [6, 6.07) is 26.2. The first kappa shape index (κ1) is 34.5. The van der Waals surface area contributed by atoms with Gasteiger partial charge in [0.25, 0.3) is 5.91 Å². The van der Waals surface area contributed by atoms with E-state index in [1.165, 1.54) is 52.0 Å². The fourth-order valence-electron chi connectivity index (χ4n) is 6.40. The second-order valence-corrected chi connectivity index (χ2v) is 13.1. The number of aryl methyl sites for hydroxylation is 1. The van der Waals surface area contributed by atoms with Crippen molar-refractivity contribution in [3.05, 3.63) is 72.8 Å². The van der Waals surface area contributed by atoms with Gasteiger partial charge < -0.3 is 36.2 Å². The van der Waals surface area contributed by atoms with Gasteiger partial charge in [-0.2, -0.15) is 0 Å². The fraction of sp³-hybridized carbons (Fsp3) is 0.421. The van der Waals surface area contributed by atoms with E-state index in [0.29, 0.717) is 6.54 Å². The van der Waals surface area contributed by atoms with Crippen LogP contribution in [0, 0.1) is 0 Å². The number of aromatic nitrogens is 2. The van der Waals surface area contributed by atoms with Crippen molar-refractivity contribution < 1.29 is 26.3 Å². The number of hydrogen-bond donors (Lipinski definition) is 1. The molecule has 240 valence electrons. The summed E-state index contributed by atoms with van der Waals surface area (Å²) in [6.45, 7) is 5.42. The van der Waals surface area contributed by atoms with Crippen LogP contribution in [0.25, 0.3) is 44.0 Å². The van der Waals surface area contributed by atoms with Crippen molar-refractivity contribution in [3.63, 3.8) is 0 Å². The van der Waals surface area contributed by atoms with Crippen molar-refractivity contribution in [2.24, 2.45) is 0 Å². The molecule has 0 aliphatic carbocycles. The summed E-state index contributed by atoms with van der Waals surface area (Å²) in [5.41, 5.74) is 4.61. The minimum Gasteiger partial charge on any atom is -1.00 e. The fourth-order valence-corrected chi connectivity index (χ4v) is 6.40. The zero-order valence-electron chi connectivity index (χ0n) is 27.8. The quantitative estimate of drug-likeness (QED) is 0.0966. The number of fused-ring (bicyclic) bond motifs is 6. The van der Waals surface area contributed by atoms with Crippen LogP contribution in [0.3, 0.4) is 0 Å². The number of nitrogens with one attached hydrogen (secondary N) is 1. The molecule has 5 rings (SSSR count). The summed E-state index contributed by atoms with van der Waals surface area (Å²) in [5, 5.41) is 8.10. The third-order valence-electron chi connectivity index (χ3n) is 8.83. The number of likely N-dealkylation sites (N-methyl/N-ethyl adjacent to an activating group) is 1. The average Bonchev–Trinajstić information content (AvgIpc) is 3.40. The lowest BCUT2D eigenvalue weighted by Gasteiger charge is -2.29. The van der Waals surface area contributed by atoms with Crippen LogP contribution in [0.1, 0.15) is 51.9 Å². The molecule has 0 atom stereocenters. The molecule has 0 unspecified atom stereocenters. The number of imidazole rings is 1. The topological polar surface area (TPSA) is 50.2 Å². The first-order chi connectivity index (χ1) is 21.3. The van der Waals surface area contributed by atoms with E-state index in [1.54, 1.807) is 0 Å². The Morgan fingerprint density at radius 1 is 0.800 bits per heavy atom. The lowest BCUT2D eigenvalue weighted by atomic mass is 10.00. The van der Waals surface area contributed by atoms with Crippen molar-refractivity contribution in [2.45, 2.75) is 58.4 Å². The minimum absolute atomic E-state index is 0. The Balaban J connectivity index is 0.00000461. The van der Waals surface area contributed by atoms with Crippen molar-refractivity contribution in [1.29, 1.82) is 0 Å². The molecule has 5 aromatic rings. The van der Waals surface area contributed by atoms with E-state index in [9.17, 15) is 4.79 Å². The molecule has 1 amide bonds. The van der Waals surface area contributed by atoms with Crippen molar-refractivity contribution in [2.75, 3.05) is 52.7 Å². The molecular formula is C38H50BrN5O. The molecule has 0 fully saturated rings. The first-order valence-electron chi connectivity index (χ1n) is 16.4. The summed E-state index contributed by atoms with van der Waals surface area (Å²) in [6.07, 6.45) is 7.96. The number of anilines is 1. The molecule has 0 aliphatic heterocycles. The van der Waals surface area contributed by atoms with Crippen molar-refractivity contribution in [1.82, 2.24) is 14.9 Å². The molecular weight excluding hydrogens is 622 g/mol. The van der Waals surface area contributed by atoms with E-state index < -0.39 is 0 Å². The Morgan fingerprint density at radius 3 is 2.09 bits per heavy atom. The van der Waals surface area contributed by atoms with E-state index in [0.717, 1.165) is 66.7 Å². The number of quaternary nitrogens is 1. The third-order valence-corrected chi connectivity index (χ3v) is 8.83. The predicted molar refractivity (Wildman–Crippen MR) is 187 cm³/mol. The molecule has 0 radical (unpaired) electrons. The molecule has 7 heteroatoms. The number of carbonyl (C=O) groups is 1. The maximum absolute atomic E-state index is 12.6. The number of amides is 1. The zero-order valence-corrected chi connectivity index (χ0v) is 29.4. The molecule has 0 aliphatic rings. The lowest BCUT2D eigenvalue weighted by Crippen LogP contribution is -3.00. The van der Waals surface area contributed by atoms with Gasteiger partial charge in [-0.25, -0.2) is 4.98 Å². The summed E-state index contributed by atoms with van der Waals surface area (Å²) in [7, 11) is 8.49. The molecule has 0 bridgehead atoms. The molecule has 0 spiro atoms. The SMILES string of the molecule is CCCCCCNC(=O)C[N+](C)(C)CCCCCn1c(-c2ccc(N(C)C)cc2)nc2c3ccccc3c3ccccc3c21.[Br-]. The Morgan fingerprint density at radius 2 is 1.42 bits per heavy atom. The van der Waals surface area contributed by atoms with Gasteiger partial charge in [0.2, 0.25) is 0 Å². The van der Waals surface area contributed by atoms with Gasteiger partial charge in [0, 0.05) is 49.2 Å². The maximum atomic E-state index is 12.6. The number of unbranched alkanes of at least 4 members (excludes halogenated alkanes) is 5. The van der Waals surface area contributed by atoms with Crippen LogP contribution in [0.2, 0.25) is 0 Å². The van der Waals surface area contributed by atoms with Gasteiger partial charge in [-0.1, -0.05) is 74.7 Å². The van der Waals surface area contributed by atoms with Gasteiger partial charge in [-0.15, -0.1) is 0 Å². The number of rotatable bonds is 15. The number of carbonyl (C=O) groups excluding carboxylic acids is 1. The van der Waals surface area contributed by atoms with Gasteiger partial charge in [0.05, 0.1) is 31.7 Å². The highest BCUT2D eigenvalue weighted by Gasteiger charge is 2.21. The normalized spacial score (nSPS) is 11.7. The van der Waals surface area contributed by atoms with Crippen LogP contribution in [0.5, 0.6) is 0 Å². The highest BCUT2D eigenvalue weighted by Crippen LogP contribution is 2.37. The number of nitrogens with zero attached hydrogens (tertiary/aromatic N) is 4. The van der Waals surface area contributed by atoms with Crippen LogP contribution < -0.4 is 27.2 Å². The Hall–Kier alpha value is -3.42. The maximum Gasteiger partial charge on any atom is 0.275 e. The molecule has 45 heavy (non-hydrogen) atoms. The predicted octanol–water partition coefficient (Wildman–Crippen LogP) is 5.02. The number of benzene rings is 4. The summed E-state index contributed by atoms with van der Waals surface area (Å²) in [5.74, 6) is 1.19. The van der Waals surface area contributed by atoms with Crippen LogP contribution in [-0.4, -0.2) is 67.8 Å². The molecule has 0 saturated heterocycles. The standard InChI is InChI=1S/C38H49N5O.BrH/c1-6-7-8-14-25-39-35(44)28-43(4,5)27-16-9-15-26-42-37-34-20-13-11-18-32(34)31-17-10-12-19-33(31)36(37)40-38(42)29-21-23-30(24-22-29)41(2)3;/h10-13,17-24H,6-9,14-16,25-28H2,1-5H3;1H. The summed E-state index contributed by atoms with van der Waals surface area (Å²) in [4.78, 5) is 20.0. The molecule has 4 aromatic carbocycles. The Labute approximate surface area is 279 Å². The van der Waals surface area contributed by atoms with Crippen LogP contribution in [-0.2, 0) is 11.3 Å². The smallest absolute Gasteiger partial charge is 0.275 e. The van der Waals surface area contributed by atoms with Crippen LogP contribution in [0.4, 0.5) is 5.69 Å². The number of hydrogen-bond acceptors (Lipinski definition) is 3. The van der Waals surface area contributed by atoms with Crippen LogP contribution >= 0.6 is 0 Å². The van der Waals surface area contributed by atoms with Gasteiger partial charge >= 0.3 is 0 Å². The monoisotopic (exact) mass is 671 g/mol. The van der Waals surface area contributed by atoms with Crippen molar-refractivity contribution in [3.8, 4) is 11.4 Å². The first-order valence-corrected chi connectivity index (χ1v) is 16.4. The Kier molecular flexibility index (Phi) is 12.0. The second-order valence-electron chi connectivity index (χ2n) is 13.1. The van der Waals surface area contributed by atoms with Gasteiger partial charge in [0.1, 0.15) is 5.82 Å². The van der Waals surface area contributed by atoms with Crippen molar-refractivity contribution >= 4 is 44.2 Å². The van der Waals surface area contributed by atoms with E-state index in [-0.39, 0.29) is 22.9 Å². The second kappa shape index (κ2) is 15.7. The third kappa shape index (κ3) is 8.25. The molecule has 1 N–H and O–H groups in total. The largest absolute Gasteiger partial charge is 1.00 e. The van der Waals surface area contributed by atoms with E-state index in [2.05, 4.69) is 123 Å². The molecule has 1 heterocycles. The van der Waals surface area contributed by atoms with Gasteiger partial charge in [0.15, 0.2) is 6.54 Å². The molecule has 0 saturated carbocycles. The molecule has 6 nitrogen and oxygen atoms in total. The van der Waals surface area contributed by atoms with E-state index in [1.807, 2.05) is 0 Å². The Bertz CT molecular complexity index is 1710. The summed E-state index contributed by atoms with van der Waals surface area (Å²) < 4.78 is 3.18. The number of halogens is 1. The highest BCUT2D eigenvalue weighted by molar-refractivity contribution is 6.23. The highest BCUT2D eigenvalue weighted by atomic mass is 79.9. The summed E-state index contributed by atoms with van der Waals surface area (Å²) >= 11 is 0. The lowest BCUT2D eigenvalue weighted by molar-refractivity contribution is -0.882. The van der Waals surface area contributed by atoms with Gasteiger partial charge in [-0.3, -0.25) is 4.79 Å².